The van der Waals surface area contributed by atoms with E-state index in [4.69, 9.17) is 10.8 Å². The van der Waals surface area contributed by atoms with Crippen LogP contribution in [0, 0.1) is 0 Å². The second-order valence-electron chi connectivity index (χ2n) is 3.74. The molecule has 4 N–H and O–H groups in total. The highest BCUT2D eigenvalue weighted by atomic mass is 35.5. The number of rotatable bonds is 4. The van der Waals surface area contributed by atoms with Gasteiger partial charge in [0.15, 0.2) is 0 Å². The monoisotopic (exact) mass is 298 g/mol. The van der Waals surface area contributed by atoms with Gasteiger partial charge in [-0.1, -0.05) is 18.2 Å². The lowest BCUT2D eigenvalue weighted by atomic mass is 9.97. The molecule has 0 aliphatic heterocycles. The molecule has 0 bridgehead atoms. The summed E-state index contributed by atoms with van der Waals surface area (Å²) >= 11 is 0. The molecular formula is C11H14ClF3N2O2. The van der Waals surface area contributed by atoms with Gasteiger partial charge in [-0.3, -0.25) is 0 Å². The Labute approximate surface area is 114 Å². The van der Waals surface area contributed by atoms with Crippen LogP contribution in [0.5, 0.6) is 0 Å². The quantitative estimate of drug-likeness (QED) is 0.799. The smallest absolute Gasteiger partial charge is 0.416 e. The molecule has 1 rings (SSSR count). The Morgan fingerprint density at radius 2 is 2.05 bits per heavy atom. The highest BCUT2D eigenvalue weighted by molar-refractivity contribution is 5.85. The molecule has 0 radical (unpaired) electrons. The van der Waals surface area contributed by atoms with Gasteiger partial charge in [-0.15, -0.1) is 12.4 Å². The minimum Gasteiger partial charge on any atom is -0.465 e. The first-order valence-corrected chi connectivity index (χ1v) is 5.18. The van der Waals surface area contributed by atoms with E-state index in [2.05, 4.69) is 5.32 Å². The van der Waals surface area contributed by atoms with Crippen LogP contribution in [0.4, 0.5) is 18.0 Å². The molecule has 0 spiro atoms. The molecule has 1 atom stereocenters. The van der Waals surface area contributed by atoms with E-state index in [0.717, 1.165) is 12.1 Å². The molecule has 19 heavy (non-hydrogen) atoms. The zero-order valence-electron chi connectivity index (χ0n) is 9.78. The number of nitrogens with one attached hydrogen (secondary N) is 1. The summed E-state index contributed by atoms with van der Waals surface area (Å²) < 4.78 is 37.5. The Kier molecular flexibility index (Phi) is 6.64. The van der Waals surface area contributed by atoms with E-state index in [1.54, 1.807) is 0 Å². The highest BCUT2D eigenvalue weighted by Gasteiger charge is 2.30. The minimum atomic E-state index is -4.42. The fraction of sp³-hybridized carbons (Fsp3) is 0.364. The van der Waals surface area contributed by atoms with Crippen LogP contribution in [0.2, 0.25) is 0 Å². The molecule has 0 aliphatic carbocycles. The second-order valence-corrected chi connectivity index (χ2v) is 3.74. The molecule has 4 nitrogen and oxygen atoms in total. The van der Waals surface area contributed by atoms with Crippen molar-refractivity contribution in [3.8, 4) is 0 Å². The fourth-order valence-corrected chi connectivity index (χ4v) is 1.52. The summed E-state index contributed by atoms with van der Waals surface area (Å²) in [6.07, 6.45) is -5.66. The first-order valence-electron chi connectivity index (χ1n) is 5.18. The van der Waals surface area contributed by atoms with Gasteiger partial charge in [0, 0.05) is 19.0 Å². The van der Waals surface area contributed by atoms with Crippen molar-refractivity contribution < 1.29 is 23.1 Å². The Balaban J connectivity index is 0.00000324. The van der Waals surface area contributed by atoms with E-state index in [9.17, 15) is 18.0 Å². The molecule has 0 aromatic heterocycles. The van der Waals surface area contributed by atoms with Gasteiger partial charge >= 0.3 is 12.3 Å². The summed E-state index contributed by atoms with van der Waals surface area (Å²) in [4.78, 5) is 10.3. The maximum atomic E-state index is 12.5. The molecule has 1 aromatic rings. The summed E-state index contributed by atoms with van der Waals surface area (Å²) in [5.41, 5.74) is 5.03. The molecule has 1 unspecified atom stereocenters. The number of hydrogen-bond acceptors (Lipinski definition) is 2. The predicted molar refractivity (Wildman–Crippen MR) is 66.5 cm³/mol. The molecule has 0 heterocycles. The number of carboxylic acid groups (broad SMARTS) is 1. The van der Waals surface area contributed by atoms with Gasteiger partial charge in [0.25, 0.3) is 0 Å². The molecule has 0 aliphatic rings. The lowest BCUT2D eigenvalue weighted by Gasteiger charge is -2.16. The molecule has 0 fully saturated rings. The van der Waals surface area contributed by atoms with Gasteiger partial charge in [-0.25, -0.2) is 4.79 Å². The van der Waals surface area contributed by atoms with Crippen molar-refractivity contribution in [3.63, 3.8) is 0 Å². The van der Waals surface area contributed by atoms with Crippen molar-refractivity contribution in [2.45, 2.75) is 12.1 Å². The number of halogens is 4. The Bertz CT molecular complexity index is 427. The maximum absolute atomic E-state index is 12.5. The number of alkyl halides is 3. The van der Waals surface area contributed by atoms with E-state index in [1.807, 2.05) is 0 Å². The number of amides is 1. The zero-order chi connectivity index (χ0) is 13.8. The van der Waals surface area contributed by atoms with Gasteiger partial charge in [0.1, 0.15) is 0 Å². The summed E-state index contributed by atoms with van der Waals surface area (Å²) in [5, 5.41) is 10.6. The van der Waals surface area contributed by atoms with Crippen LogP contribution in [0.15, 0.2) is 24.3 Å². The predicted octanol–water partition coefficient (Wildman–Crippen LogP) is 2.44. The number of nitrogens with two attached hydrogens (primary N) is 1. The number of carbonyl (C=O) groups is 1. The van der Waals surface area contributed by atoms with Gasteiger partial charge in [-0.2, -0.15) is 13.2 Å². The van der Waals surface area contributed by atoms with Crippen molar-refractivity contribution in [1.82, 2.24) is 5.32 Å². The zero-order valence-corrected chi connectivity index (χ0v) is 10.6. The topological polar surface area (TPSA) is 75.3 Å². The summed E-state index contributed by atoms with van der Waals surface area (Å²) in [6, 6.07) is 4.72. The third-order valence-electron chi connectivity index (χ3n) is 2.47. The van der Waals surface area contributed by atoms with Crippen molar-refractivity contribution in [1.29, 1.82) is 0 Å². The average Bonchev–Trinajstić information content (AvgIpc) is 2.29. The molecule has 0 saturated heterocycles. The maximum Gasteiger partial charge on any atom is 0.416 e. The third kappa shape index (κ3) is 5.35. The normalized spacial score (nSPS) is 12.4. The van der Waals surface area contributed by atoms with Crippen LogP contribution in [-0.2, 0) is 6.18 Å². The Morgan fingerprint density at radius 1 is 1.42 bits per heavy atom. The van der Waals surface area contributed by atoms with Gasteiger partial charge < -0.3 is 16.2 Å². The van der Waals surface area contributed by atoms with Crippen LogP contribution in [0.25, 0.3) is 0 Å². The summed E-state index contributed by atoms with van der Waals surface area (Å²) in [5.74, 6) is -0.483. The van der Waals surface area contributed by atoms with Crippen molar-refractivity contribution in [2.24, 2.45) is 5.73 Å². The van der Waals surface area contributed by atoms with Crippen LogP contribution >= 0.6 is 12.4 Å². The Morgan fingerprint density at radius 3 is 2.53 bits per heavy atom. The number of hydrogen-bond donors (Lipinski definition) is 3. The number of benzene rings is 1. The first kappa shape index (κ1) is 17.5. The summed E-state index contributed by atoms with van der Waals surface area (Å²) in [6.45, 7) is 0.0364. The van der Waals surface area contributed by atoms with Gasteiger partial charge in [0.05, 0.1) is 5.56 Å². The second kappa shape index (κ2) is 7.20. The van der Waals surface area contributed by atoms with Crippen molar-refractivity contribution in [3.05, 3.63) is 35.4 Å². The van der Waals surface area contributed by atoms with Crippen LogP contribution in [0.1, 0.15) is 17.0 Å². The average molecular weight is 299 g/mol. The van der Waals surface area contributed by atoms with E-state index in [0.29, 0.717) is 5.56 Å². The largest absolute Gasteiger partial charge is 0.465 e. The fourth-order valence-electron chi connectivity index (χ4n) is 1.52. The van der Waals surface area contributed by atoms with Gasteiger partial charge in [-0.05, 0) is 11.6 Å². The van der Waals surface area contributed by atoms with Crippen molar-refractivity contribution in [2.75, 3.05) is 13.1 Å². The minimum absolute atomic E-state index is 0. The van der Waals surface area contributed by atoms with E-state index < -0.39 is 23.8 Å². The highest BCUT2D eigenvalue weighted by Crippen LogP contribution is 2.30. The summed E-state index contributed by atoms with van der Waals surface area (Å²) in [7, 11) is 0. The SMILES string of the molecule is Cl.NCC(CNC(=O)O)c1cccc(C(F)(F)F)c1. The molecular weight excluding hydrogens is 285 g/mol. The molecule has 1 amide bonds. The standard InChI is InChI=1S/C11H13F3N2O2.ClH/c12-11(13,14)9-3-1-2-7(4-9)8(5-15)6-16-10(17)18;/h1-4,8,16H,5-6,15H2,(H,17,18);1H. The van der Waals surface area contributed by atoms with Crippen LogP contribution in [-0.4, -0.2) is 24.3 Å². The molecule has 8 heteroatoms. The lowest BCUT2D eigenvalue weighted by molar-refractivity contribution is -0.137. The van der Waals surface area contributed by atoms with Gasteiger partial charge in [0.2, 0.25) is 0 Å². The van der Waals surface area contributed by atoms with Crippen molar-refractivity contribution >= 4 is 18.5 Å². The molecule has 108 valence electrons. The molecule has 1 aromatic carbocycles. The lowest BCUT2D eigenvalue weighted by Crippen LogP contribution is -2.30. The molecule has 0 saturated carbocycles. The van der Waals surface area contributed by atoms with Crippen LogP contribution < -0.4 is 11.1 Å². The van der Waals surface area contributed by atoms with E-state index >= 15 is 0 Å². The Hall–Kier alpha value is -1.47. The van der Waals surface area contributed by atoms with E-state index in [1.165, 1.54) is 12.1 Å². The van der Waals surface area contributed by atoms with E-state index in [-0.39, 0.29) is 25.5 Å². The first-order chi connectivity index (χ1) is 8.34. The van der Waals surface area contributed by atoms with Crippen LogP contribution in [0.3, 0.4) is 0 Å². The third-order valence-corrected chi connectivity index (χ3v) is 2.47.